The number of piperidine rings is 1. The van der Waals surface area contributed by atoms with E-state index in [0.29, 0.717) is 12.5 Å². The largest absolute Gasteiger partial charge is 0.331 e. The summed E-state index contributed by atoms with van der Waals surface area (Å²) >= 11 is 0. The fourth-order valence-corrected chi connectivity index (χ4v) is 5.72. The first-order valence-electron chi connectivity index (χ1n) is 13.6. The quantitative estimate of drug-likeness (QED) is 0.402. The van der Waals surface area contributed by atoms with Gasteiger partial charge in [-0.05, 0) is 78.3 Å². The van der Waals surface area contributed by atoms with E-state index in [2.05, 4.69) is 62.5 Å². The number of nitrogens with zero attached hydrogens (tertiary/aromatic N) is 1. The number of likely N-dealkylation sites (tertiary alicyclic amines) is 1. The molecule has 0 radical (unpaired) electrons. The SMILES string of the molecule is Cc1cccc(C2CC2)c1C(=O)N1CCC[C@H](C(=O)Nc2cccc(C(C)(C)C)c2)[C@@H]1c1ccccc1. The molecule has 5 rings (SSSR count). The number of anilines is 1. The van der Waals surface area contributed by atoms with Crippen LogP contribution in [0.25, 0.3) is 0 Å². The smallest absolute Gasteiger partial charge is 0.254 e. The van der Waals surface area contributed by atoms with Gasteiger partial charge >= 0.3 is 0 Å². The van der Waals surface area contributed by atoms with Gasteiger partial charge in [-0.3, -0.25) is 9.59 Å². The van der Waals surface area contributed by atoms with E-state index < -0.39 is 0 Å². The van der Waals surface area contributed by atoms with Gasteiger partial charge in [0.15, 0.2) is 0 Å². The summed E-state index contributed by atoms with van der Waals surface area (Å²) in [4.78, 5) is 30.0. The van der Waals surface area contributed by atoms with Crippen LogP contribution in [0.2, 0.25) is 0 Å². The van der Waals surface area contributed by atoms with E-state index in [1.54, 1.807) is 0 Å². The van der Waals surface area contributed by atoms with Gasteiger partial charge in [0.1, 0.15) is 0 Å². The number of aryl methyl sites for hydroxylation is 1. The van der Waals surface area contributed by atoms with Gasteiger partial charge in [-0.2, -0.15) is 0 Å². The average molecular weight is 495 g/mol. The van der Waals surface area contributed by atoms with Crippen LogP contribution < -0.4 is 5.32 Å². The predicted octanol–water partition coefficient (Wildman–Crippen LogP) is 7.40. The molecule has 1 N–H and O–H groups in total. The highest BCUT2D eigenvalue weighted by atomic mass is 16.2. The van der Waals surface area contributed by atoms with Gasteiger partial charge < -0.3 is 10.2 Å². The maximum atomic E-state index is 14.2. The lowest BCUT2D eigenvalue weighted by Crippen LogP contribution is -2.46. The van der Waals surface area contributed by atoms with Gasteiger partial charge in [0.05, 0.1) is 12.0 Å². The molecule has 1 heterocycles. The highest BCUT2D eigenvalue weighted by Gasteiger charge is 2.41. The molecule has 4 heteroatoms. The van der Waals surface area contributed by atoms with Crippen molar-refractivity contribution in [2.75, 3.05) is 11.9 Å². The normalized spacial score (nSPS) is 19.9. The molecule has 3 aromatic carbocycles. The average Bonchev–Trinajstić information content (AvgIpc) is 3.73. The third-order valence-electron chi connectivity index (χ3n) is 7.90. The molecular weight excluding hydrogens is 456 g/mol. The van der Waals surface area contributed by atoms with E-state index in [-0.39, 0.29) is 29.2 Å². The fraction of sp³-hybridized carbons (Fsp3) is 0.394. The Balaban J connectivity index is 1.49. The fourth-order valence-electron chi connectivity index (χ4n) is 5.72. The molecule has 192 valence electrons. The highest BCUT2D eigenvalue weighted by molar-refractivity contribution is 5.99. The van der Waals surface area contributed by atoms with Crippen LogP contribution >= 0.6 is 0 Å². The zero-order valence-corrected chi connectivity index (χ0v) is 22.5. The molecule has 2 atom stereocenters. The molecule has 0 bridgehead atoms. The third kappa shape index (κ3) is 5.34. The minimum Gasteiger partial charge on any atom is -0.331 e. The van der Waals surface area contributed by atoms with E-state index in [1.807, 2.05) is 48.2 Å². The molecule has 3 aromatic rings. The van der Waals surface area contributed by atoms with Crippen molar-refractivity contribution in [1.82, 2.24) is 4.90 Å². The summed E-state index contributed by atoms with van der Waals surface area (Å²) < 4.78 is 0. The zero-order chi connectivity index (χ0) is 26.2. The first-order valence-corrected chi connectivity index (χ1v) is 13.6. The lowest BCUT2D eigenvalue weighted by molar-refractivity contribution is -0.123. The minimum atomic E-state index is -0.327. The molecule has 2 amide bonds. The summed E-state index contributed by atoms with van der Waals surface area (Å²) in [6.07, 6.45) is 3.84. The number of carbonyl (C=O) groups excluding carboxylic acids is 2. The molecule has 37 heavy (non-hydrogen) atoms. The highest BCUT2D eigenvalue weighted by Crippen LogP contribution is 2.44. The molecule has 1 saturated heterocycles. The zero-order valence-electron chi connectivity index (χ0n) is 22.5. The number of hydrogen-bond acceptors (Lipinski definition) is 2. The number of amides is 2. The van der Waals surface area contributed by atoms with Crippen molar-refractivity contribution in [3.05, 3.63) is 101 Å². The Bertz CT molecular complexity index is 1290. The van der Waals surface area contributed by atoms with E-state index in [4.69, 9.17) is 0 Å². The Labute approximate surface area is 221 Å². The Kier molecular flexibility index (Phi) is 6.94. The molecule has 1 aliphatic heterocycles. The van der Waals surface area contributed by atoms with Crippen LogP contribution in [0.1, 0.15) is 91.0 Å². The van der Waals surface area contributed by atoms with Crippen LogP contribution in [0.15, 0.2) is 72.8 Å². The molecule has 0 spiro atoms. The van der Waals surface area contributed by atoms with Crippen molar-refractivity contribution >= 4 is 17.5 Å². The van der Waals surface area contributed by atoms with Crippen molar-refractivity contribution in [2.45, 2.75) is 70.8 Å². The number of rotatable bonds is 5. The van der Waals surface area contributed by atoms with Crippen LogP contribution in [0, 0.1) is 12.8 Å². The lowest BCUT2D eigenvalue weighted by atomic mass is 9.82. The van der Waals surface area contributed by atoms with E-state index >= 15 is 0 Å². The predicted molar refractivity (Wildman–Crippen MR) is 150 cm³/mol. The Morgan fingerprint density at radius 3 is 2.32 bits per heavy atom. The van der Waals surface area contributed by atoms with Crippen molar-refractivity contribution in [3.63, 3.8) is 0 Å². The molecule has 1 aliphatic carbocycles. The van der Waals surface area contributed by atoms with E-state index in [1.165, 1.54) is 11.1 Å². The van der Waals surface area contributed by atoms with Crippen molar-refractivity contribution in [2.24, 2.45) is 5.92 Å². The standard InChI is InChI=1S/C33H38N2O2/c1-22-11-8-16-27(23-18-19-23)29(22)32(37)35-20-10-17-28(30(35)24-12-6-5-7-13-24)31(36)34-26-15-9-14-25(21-26)33(2,3)4/h5-9,11-16,21,23,28,30H,10,17-20H2,1-4H3,(H,34,36)/t28-,30-/m0/s1. The van der Waals surface area contributed by atoms with E-state index in [9.17, 15) is 9.59 Å². The maximum absolute atomic E-state index is 14.2. The molecule has 1 saturated carbocycles. The number of carbonyl (C=O) groups is 2. The summed E-state index contributed by atoms with van der Waals surface area (Å²) in [5, 5.41) is 3.20. The summed E-state index contributed by atoms with van der Waals surface area (Å²) in [6, 6.07) is 24.1. The van der Waals surface area contributed by atoms with Crippen LogP contribution in [-0.4, -0.2) is 23.3 Å². The molecule has 2 aliphatic rings. The van der Waals surface area contributed by atoms with Crippen LogP contribution in [0.3, 0.4) is 0 Å². The van der Waals surface area contributed by atoms with Gasteiger partial charge in [0.25, 0.3) is 5.91 Å². The monoisotopic (exact) mass is 494 g/mol. The number of benzene rings is 3. The van der Waals surface area contributed by atoms with Crippen molar-refractivity contribution < 1.29 is 9.59 Å². The van der Waals surface area contributed by atoms with E-state index in [0.717, 1.165) is 48.1 Å². The summed E-state index contributed by atoms with van der Waals surface area (Å²) in [5.41, 5.74) is 6.02. The second kappa shape index (κ2) is 10.2. The van der Waals surface area contributed by atoms with Gasteiger partial charge in [-0.1, -0.05) is 81.4 Å². The second-order valence-electron chi connectivity index (χ2n) is 11.7. The summed E-state index contributed by atoms with van der Waals surface area (Å²) in [7, 11) is 0. The summed E-state index contributed by atoms with van der Waals surface area (Å²) in [6.45, 7) is 9.20. The molecule has 4 nitrogen and oxygen atoms in total. The molecule has 0 unspecified atom stereocenters. The Morgan fingerprint density at radius 1 is 0.892 bits per heavy atom. The first kappa shape index (κ1) is 25.3. The number of hydrogen-bond donors (Lipinski definition) is 1. The van der Waals surface area contributed by atoms with Crippen LogP contribution in [-0.2, 0) is 10.2 Å². The molecule has 0 aromatic heterocycles. The van der Waals surface area contributed by atoms with Crippen molar-refractivity contribution in [1.29, 1.82) is 0 Å². The maximum Gasteiger partial charge on any atom is 0.254 e. The van der Waals surface area contributed by atoms with Gasteiger partial charge in [-0.15, -0.1) is 0 Å². The molecular formula is C33H38N2O2. The van der Waals surface area contributed by atoms with Gasteiger partial charge in [0.2, 0.25) is 5.91 Å². The third-order valence-corrected chi connectivity index (χ3v) is 7.90. The van der Waals surface area contributed by atoms with Gasteiger partial charge in [-0.25, -0.2) is 0 Å². The molecule has 2 fully saturated rings. The van der Waals surface area contributed by atoms with Crippen LogP contribution in [0.4, 0.5) is 5.69 Å². The lowest BCUT2D eigenvalue weighted by Gasteiger charge is -2.41. The topological polar surface area (TPSA) is 49.4 Å². The minimum absolute atomic E-state index is 0.00578. The summed E-state index contributed by atoms with van der Waals surface area (Å²) in [5.74, 6) is 0.186. The Hall–Kier alpha value is -3.40. The second-order valence-corrected chi connectivity index (χ2v) is 11.7. The number of nitrogens with one attached hydrogen (secondary N) is 1. The van der Waals surface area contributed by atoms with Crippen LogP contribution in [0.5, 0.6) is 0 Å². The van der Waals surface area contributed by atoms with Crippen molar-refractivity contribution in [3.8, 4) is 0 Å². The van der Waals surface area contributed by atoms with Gasteiger partial charge in [0, 0.05) is 17.8 Å². The first-order chi connectivity index (χ1) is 17.7. The Morgan fingerprint density at radius 2 is 1.62 bits per heavy atom.